The zero-order valence-corrected chi connectivity index (χ0v) is 25.4. The van der Waals surface area contributed by atoms with Crippen LogP contribution in [0.1, 0.15) is 66.0 Å². The van der Waals surface area contributed by atoms with Gasteiger partial charge in [-0.2, -0.15) is 0 Å². The van der Waals surface area contributed by atoms with Crippen LogP contribution in [0.4, 0.5) is 4.39 Å². The lowest BCUT2D eigenvalue weighted by molar-refractivity contribution is -0.132. The number of nitrogens with zero attached hydrogens (tertiary/aromatic N) is 4. The van der Waals surface area contributed by atoms with Crippen molar-refractivity contribution in [3.8, 4) is 0 Å². The fourth-order valence-corrected chi connectivity index (χ4v) is 6.43. The average Bonchev–Trinajstić information content (AvgIpc) is 3.21. The molecule has 0 aliphatic carbocycles. The van der Waals surface area contributed by atoms with Gasteiger partial charge in [0.25, 0.3) is 5.91 Å². The number of carbonyl (C=O) groups is 1. The van der Waals surface area contributed by atoms with Crippen molar-refractivity contribution in [3.05, 3.63) is 92.7 Å². The zero-order valence-electron chi connectivity index (χ0n) is 23.9. The van der Waals surface area contributed by atoms with Crippen molar-refractivity contribution >= 4 is 29.1 Å². The number of likely N-dealkylation sites (tertiary alicyclic amines) is 1. The number of aromatic nitrogens is 2. The first-order valence-corrected chi connectivity index (χ1v) is 14.9. The highest BCUT2D eigenvalue weighted by Crippen LogP contribution is 2.50. The van der Waals surface area contributed by atoms with Crippen molar-refractivity contribution in [2.75, 3.05) is 26.7 Å². The van der Waals surface area contributed by atoms with Crippen molar-refractivity contribution in [1.29, 1.82) is 0 Å². The molecule has 2 N–H and O–H groups in total. The Kier molecular flexibility index (Phi) is 8.90. The highest BCUT2D eigenvalue weighted by atomic mass is 35.5. The molecule has 42 heavy (non-hydrogen) atoms. The summed E-state index contributed by atoms with van der Waals surface area (Å²) in [6.45, 7) is 4.71. The summed E-state index contributed by atoms with van der Waals surface area (Å²) >= 11 is 12.2. The molecule has 1 aromatic heterocycles. The number of benzene rings is 2. The molecular weight excluding hydrogens is 582 g/mol. The summed E-state index contributed by atoms with van der Waals surface area (Å²) in [6.07, 6.45) is 3.77. The summed E-state index contributed by atoms with van der Waals surface area (Å²) in [5.74, 6) is -1.06. The van der Waals surface area contributed by atoms with Gasteiger partial charge in [-0.1, -0.05) is 42.3 Å². The summed E-state index contributed by atoms with van der Waals surface area (Å²) < 4.78 is 23.0. The Balaban J connectivity index is 1.71. The summed E-state index contributed by atoms with van der Waals surface area (Å²) in [4.78, 5) is 26.4. The van der Waals surface area contributed by atoms with Gasteiger partial charge in [-0.3, -0.25) is 9.69 Å². The van der Waals surface area contributed by atoms with Crippen molar-refractivity contribution in [3.63, 3.8) is 0 Å². The number of hydrogen-bond donors (Lipinski definition) is 2. The Hall–Kier alpha value is -2.66. The number of fused-ring (bicyclic) bond motifs is 1. The van der Waals surface area contributed by atoms with Crippen LogP contribution in [0.5, 0.6) is 0 Å². The van der Waals surface area contributed by atoms with Crippen molar-refractivity contribution < 1.29 is 24.1 Å². The van der Waals surface area contributed by atoms with Crippen molar-refractivity contribution in [1.82, 2.24) is 19.8 Å². The van der Waals surface area contributed by atoms with Crippen LogP contribution in [0, 0.1) is 11.7 Å². The molecule has 3 heterocycles. The molecule has 0 radical (unpaired) electrons. The molecular formula is C31H35Cl2FN4O4. The summed E-state index contributed by atoms with van der Waals surface area (Å²) in [6, 6.07) is 9.51. The van der Waals surface area contributed by atoms with Crippen LogP contribution in [0.15, 0.2) is 48.8 Å². The quantitative estimate of drug-likeness (QED) is 0.344. The lowest BCUT2D eigenvalue weighted by atomic mass is 9.73. The van der Waals surface area contributed by atoms with Gasteiger partial charge in [0, 0.05) is 23.0 Å². The van der Waals surface area contributed by atoms with Gasteiger partial charge in [-0.15, -0.1) is 0 Å². The van der Waals surface area contributed by atoms with Gasteiger partial charge in [0.15, 0.2) is 5.72 Å². The number of carbonyl (C=O) groups excluding carboxylic acids is 1. The van der Waals surface area contributed by atoms with E-state index in [9.17, 15) is 15.0 Å². The van der Waals surface area contributed by atoms with Crippen LogP contribution in [0.2, 0.25) is 10.0 Å². The van der Waals surface area contributed by atoms with Crippen molar-refractivity contribution in [2.24, 2.45) is 5.92 Å². The molecule has 3 aromatic rings. The van der Waals surface area contributed by atoms with Crippen LogP contribution in [-0.4, -0.2) is 68.7 Å². The minimum absolute atomic E-state index is 0.00461. The van der Waals surface area contributed by atoms with Gasteiger partial charge >= 0.3 is 0 Å². The third-order valence-corrected chi connectivity index (χ3v) is 8.91. The number of amides is 1. The first kappa shape index (κ1) is 30.8. The van der Waals surface area contributed by atoms with Gasteiger partial charge in [-0.05, 0) is 82.1 Å². The van der Waals surface area contributed by atoms with Crippen LogP contribution < -0.4 is 0 Å². The Morgan fingerprint density at radius 3 is 2.38 bits per heavy atom. The van der Waals surface area contributed by atoms with Gasteiger partial charge in [0.2, 0.25) is 0 Å². The SMILES string of the molecule is CCC(O)(c1cc(F)c2c(c1)C(=O)N(Cc1ncc(Cl)cn1)[C@@]2(OCC(C)O)c1ccc(Cl)cc1)C1CCN(C)CC1. The van der Waals surface area contributed by atoms with E-state index < -0.39 is 29.2 Å². The number of aliphatic hydroxyl groups is 2. The average molecular weight is 618 g/mol. The van der Waals surface area contributed by atoms with Gasteiger partial charge in [-0.25, -0.2) is 14.4 Å². The Morgan fingerprint density at radius 1 is 1.14 bits per heavy atom. The van der Waals surface area contributed by atoms with Gasteiger partial charge in [0.1, 0.15) is 11.6 Å². The number of aliphatic hydroxyl groups excluding tert-OH is 1. The molecule has 0 spiro atoms. The third kappa shape index (κ3) is 5.54. The standard InChI is InChI=1S/C31H35Cl2FN4O4/c1-4-30(41,20-9-11-37(3)12-10-20)22-13-25-28(26(34)14-22)31(42-18-19(2)39,21-5-7-23(32)8-6-21)38(29(25)40)17-27-35-15-24(33)16-36-27/h5-8,13-16,19-20,39,41H,4,9-12,17-18H2,1-3H3/t19?,30?,31-/m1/s1. The molecule has 2 aromatic carbocycles. The fraction of sp³-hybridized carbons (Fsp3) is 0.452. The highest BCUT2D eigenvalue weighted by molar-refractivity contribution is 6.30. The molecule has 0 saturated carbocycles. The number of hydrogen-bond acceptors (Lipinski definition) is 7. The van der Waals surface area contributed by atoms with E-state index in [2.05, 4.69) is 14.9 Å². The first-order valence-electron chi connectivity index (χ1n) is 14.1. The van der Waals surface area contributed by atoms with Crippen LogP contribution >= 0.6 is 23.2 Å². The largest absolute Gasteiger partial charge is 0.391 e. The number of ether oxygens (including phenoxy) is 1. The Morgan fingerprint density at radius 2 is 1.79 bits per heavy atom. The van der Waals surface area contributed by atoms with E-state index in [-0.39, 0.29) is 36.0 Å². The van der Waals surface area contributed by atoms with E-state index in [0.29, 0.717) is 27.6 Å². The minimum Gasteiger partial charge on any atom is -0.391 e. The third-order valence-electron chi connectivity index (χ3n) is 8.46. The monoisotopic (exact) mass is 616 g/mol. The predicted molar refractivity (Wildman–Crippen MR) is 158 cm³/mol. The molecule has 2 unspecified atom stereocenters. The zero-order chi connectivity index (χ0) is 30.2. The maximum atomic E-state index is 16.7. The lowest BCUT2D eigenvalue weighted by Gasteiger charge is -2.41. The molecule has 5 rings (SSSR count). The summed E-state index contributed by atoms with van der Waals surface area (Å²) in [7, 11) is 2.04. The second-order valence-electron chi connectivity index (χ2n) is 11.3. The molecule has 224 valence electrons. The molecule has 1 fully saturated rings. The van der Waals surface area contributed by atoms with E-state index >= 15 is 4.39 Å². The molecule has 2 aliphatic heterocycles. The van der Waals surface area contributed by atoms with E-state index in [1.807, 2.05) is 14.0 Å². The summed E-state index contributed by atoms with van der Waals surface area (Å²) in [5, 5.41) is 23.0. The Bertz CT molecular complexity index is 1430. The van der Waals surface area contributed by atoms with Crippen LogP contribution in [-0.2, 0) is 22.6 Å². The minimum atomic E-state index is -1.78. The second kappa shape index (κ2) is 12.1. The number of rotatable bonds is 9. The molecule has 3 atom stereocenters. The Labute approximate surface area is 255 Å². The van der Waals surface area contributed by atoms with E-state index in [1.54, 1.807) is 37.3 Å². The van der Waals surface area contributed by atoms with E-state index in [1.165, 1.54) is 23.4 Å². The van der Waals surface area contributed by atoms with Gasteiger partial charge < -0.3 is 19.8 Å². The van der Waals surface area contributed by atoms with Crippen LogP contribution in [0.3, 0.4) is 0 Å². The van der Waals surface area contributed by atoms with Gasteiger partial charge in [0.05, 0.1) is 41.0 Å². The topological polar surface area (TPSA) is 99.0 Å². The van der Waals surface area contributed by atoms with Crippen LogP contribution in [0.25, 0.3) is 0 Å². The first-order chi connectivity index (χ1) is 20.0. The number of halogens is 3. The maximum Gasteiger partial charge on any atom is 0.257 e. The molecule has 1 amide bonds. The van der Waals surface area contributed by atoms with E-state index in [4.69, 9.17) is 27.9 Å². The second-order valence-corrected chi connectivity index (χ2v) is 12.1. The fourth-order valence-electron chi connectivity index (χ4n) is 6.20. The predicted octanol–water partition coefficient (Wildman–Crippen LogP) is 5.12. The molecule has 0 bridgehead atoms. The lowest BCUT2D eigenvalue weighted by Crippen LogP contribution is -2.48. The number of piperidine rings is 1. The maximum absolute atomic E-state index is 16.7. The normalized spacial score (nSPS) is 21.8. The molecule has 8 nitrogen and oxygen atoms in total. The van der Waals surface area contributed by atoms with Crippen molar-refractivity contribution in [2.45, 2.75) is 57.1 Å². The highest BCUT2D eigenvalue weighted by Gasteiger charge is 2.55. The molecule has 1 saturated heterocycles. The molecule has 11 heteroatoms. The smallest absolute Gasteiger partial charge is 0.257 e. The summed E-state index contributed by atoms with van der Waals surface area (Å²) in [5.41, 5.74) is -2.25. The van der Waals surface area contributed by atoms with E-state index in [0.717, 1.165) is 25.9 Å². The molecule has 2 aliphatic rings.